The first kappa shape index (κ1) is 18.0. The Morgan fingerprint density at radius 3 is 2.88 bits per heavy atom. The summed E-state index contributed by atoms with van der Waals surface area (Å²) in [6, 6.07) is 9.53. The van der Waals surface area contributed by atoms with Crippen LogP contribution in [-0.2, 0) is 11.2 Å². The van der Waals surface area contributed by atoms with Gasteiger partial charge in [-0.15, -0.1) is 0 Å². The average Bonchev–Trinajstić information content (AvgIpc) is 3.06. The van der Waals surface area contributed by atoms with Crippen LogP contribution in [0.15, 0.2) is 34.9 Å². The van der Waals surface area contributed by atoms with Crippen molar-refractivity contribution < 1.29 is 9.21 Å². The topological polar surface area (TPSA) is 70.1 Å². The molecule has 0 aliphatic carbocycles. The number of nitriles is 1. The number of oxazole rings is 1. The van der Waals surface area contributed by atoms with Crippen LogP contribution in [-0.4, -0.2) is 28.9 Å². The van der Waals surface area contributed by atoms with Crippen molar-refractivity contribution in [3.63, 3.8) is 0 Å². The SMILES string of the molecule is CCN(C[C@H](C)C#N)C(=O)CCc1ncc(-c2ccccc2Cl)o1. The standard InChI is InChI=1S/C18H20ClN3O2/c1-3-22(12-13(2)10-20)18(23)9-8-17-21-11-16(24-17)14-6-4-5-7-15(14)19/h4-7,11,13H,3,8-9,12H2,1-2H3/t13-/m1/s1. The second kappa shape index (κ2) is 8.51. The van der Waals surface area contributed by atoms with Crippen LogP contribution in [0.2, 0.25) is 5.02 Å². The summed E-state index contributed by atoms with van der Waals surface area (Å²) in [5, 5.41) is 9.47. The molecule has 0 unspecified atom stereocenters. The van der Waals surface area contributed by atoms with E-state index < -0.39 is 0 Å². The summed E-state index contributed by atoms with van der Waals surface area (Å²) in [4.78, 5) is 18.2. The minimum atomic E-state index is -0.178. The van der Waals surface area contributed by atoms with Crippen LogP contribution in [0, 0.1) is 17.2 Å². The van der Waals surface area contributed by atoms with E-state index in [2.05, 4.69) is 11.1 Å². The molecule has 1 atom stereocenters. The van der Waals surface area contributed by atoms with Crippen molar-refractivity contribution in [2.45, 2.75) is 26.7 Å². The highest BCUT2D eigenvalue weighted by molar-refractivity contribution is 6.33. The first-order valence-electron chi connectivity index (χ1n) is 7.92. The third kappa shape index (κ3) is 4.59. The molecule has 5 nitrogen and oxygen atoms in total. The summed E-state index contributed by atoms with van der Waals surface area (Å²) in [7, 11) is 0. The highest BCUT2D eigenvalue weighted by Crippen LogP contribution is 2.28. The molecular formula is C18H20ClN3O2. The quantitative estimate of drug-likeness (QED) is 0.762. The lowest BCUT2D eigenvalue weighted by atomic mass is 10.2. The Balaban J connectivity index is 1.97. The zero-order valence-corrected chi connectivity index (χ0v) is 14.6. The summed E-state index contributed by atoms with van der Waals surface area (Å²) >= 11 is 6.14. The lowest BCUT2D eigenvalue weighted by molar-refractivity contribution is -0.131. The van der Waals surface area contributed by atoms with E-state index in [9.17, 15) is 4.79 Å². The monoisotopic (exact) mass is 345 g/mol. The van der Waals surface area contributed by atoms with Gasteiger partial charge in [0.2, 0.25) is 5.91 Å². The Morgan fingerprint density at radius 2 is 2.21 bits per heavy atom. The van der Waals surface area contributed by atoms with Crippen molar-refractivity contribution in [1.29, 1.82) is 5.26 Å². The predicted octanol–water partition coefficient (Wildman–Crippen LogP) is 3.94. The van der Waals surface area contributed by atoms with Gasteiger partial charge in [-0.1, -0.05) is 23.7 Å². The molecule has 1 amide bonds. The van der Waals surface area contributed by atoms with Gasteiger partial charge in [0.15, 0.2) is 11.7 Å². The third-order valence-corrected chi connectivity index (χ3v) is 4.02. The lowest BCUT2D eigenvalue weighted by Gasteiger charge is -2.21. The van der Waals surface area contributed by atoms with Gasteiger partial charge in [-0.05, 0) is 26.0 Å². The highest BCUT2D eigenvalue weighted by Gasteiger charge is 2.16. The van der Waals surface area contributed by atoms with Crippen molar-refractivity contribution in [2.75, 3.05) is 13.1 Å². The average molecular weight is 346 g/mol. The van der Waals surface area contributed by atoms with Crippen LogP contribution >= 0.6 is 11.6 Å². The van der Waals surface area contributed by atoms with E-state index in [1.165, 1.54) is 0 Å². The van der Waals surface area contributed by atoms with Gasteiger partial charge in [0, 0.05) is 31.5 Å². The molecule has 1 aromatic carbocycles. The van der Waals surface area contributed by atoms with Crippen molar-refractivity contribution in [3.8, 4) is 17.4 Å². The predicted molar refractivity (Wildman–Crippen MR) is 92.3 cm³/mol. The molecule has 6 heteroatoms. The van der Waals surface area contributed by atoms with E-state index >= 15 is 0 Å². The van der Waals surface area contributed by atoms with E-state index in [4.69, 9.17) is 21.3 Å². The molecule has 0 spiro atoms. The number of amides is 1. The smallest absolute Gasteiger partial charge is 0.223 e. The largest absolute Gasteiger partial charge is 0.441 e. The zero-order valence-electron chi connectivity index (χ0n) is 13.8. The number of carbonyl (C=O) groups is 1. The van der Waals surface area contributed by atoms with Gasteiger partial charge in [0.05, 0.1) is 23.2 Å². The molecule has 0 aliphatic heterocycles. The number of halogens is 1. The van der Waals surface area contributed by atoms with Crippen LogP contribution in [0.5, 0.6) is 0 Å². The first-order chi connectivity index (χ1) is 11.5. The Hall–Kier alpha value is -2.32. The molecular weight excluding hydrogens is 326 g/mol. The number of aromatic nitrogens is 1. The lowest BCUT2D eigenvalue weighted by Crippen LogP contribution is -2.34. The molecule has 0 bridgehead atoms. The second-order valence-corrected chi connectivity index (χ2v) is 5.97. The fourth-order valence-corrected chi connectivity index (χ4v) is 2.59. The second-order valence-electron chi connectivity index (χ2n) is 5.56. The van der Waals surface area contributed by atoms with Crippen molar-refractivity contribution in [1.82, 2.24) is 9.88 Å². The van der Waals surface area contributed by atoms with Gasteiger partial charge in [0.1, 0.15) is 0 Å². The molecule has 2 aromatic rings. The molecule has 1 heterocycles. The van der Waals surface area contributed by atoms with E-state index in [1.54, 1.807) is 24.1 Å². The molecule has 0 saturated heterocycles. The Bertz CT molecular complexity index is 736. The van der Waals surface area contributed by atoms with E-state index in [1.807, 2.05) is 25.1 Å². The van der Waals surface area contributed by atoms with Gasteiger partial charge in [-0.25, -0.2) is 4.98 Å². The van der Waals surface area contributed by atoms with E-state index in [0.29, 0.717) is 42.6 Å². The van der Waals surface area contributed by atoms with E-state index in [-0.39, 0.29) is 11.8 Å². The minimum Gasteiger partial charge on any atom is -0.441 e. The number of nitrogens with zero attached hydrogens (tertiary/aromatic N) is 3. The Morgan fingerprint density at radius 1 is 1.46 bits per heavy atom. The maximum atomic E-state index is 12.3. The molecule has 0 radical (unpaired) electrons. The summed E-state index contributed by atoms with van der Waals surface area (Å²) < 4.78 is 5.70. The summed E-state index contributed by atoms with van der Waals surface area (Å²) in [6.07, 6.45) is 2.34. The van der Waals surface area contributed by atoms with Crippen LogP contribution in [0.4, 0.5) is 0 Å². The maximum Gasteiger partial charge on any atom is 0.223 e. The van der Waals surface area contributed by atoms with Crippen molar-refractivity contribution in [2.24, 2.45) is 5.92 Å². The summed E-state index contributed by atoms with van der Waals surface area (Å²) in [5.74, 6) is 0.913. The van der Waals surface area contributed by atoms with Crippen molar-refractivity contribution >= 4 is 17.5 Å². The molecule has 0 fully saturated rings. The molecule has 1 aromatic heterocycles. The van der Waals surface area contributed by atoms with Crippen LogP contribution in [0.1, 0.15) is 26.2 Å². The number of rotatable bonds is 7. The molecule has 126 valence electrons. The number of hydrogen-bond donors (Lipinski definition) is 0. The number of carbonyl (C=O) groups excluding carboxylic acids is 1. The summed E-state index contributed by atoms with van der Waals surface area (Å²) in [6.45, 7) is 4.74. The van der Waals surface area contributed by atoms with Gasteiger partial charge in [-0.2, -0.15) is 5.26 Å². The van der Waals surface area contributed by atoms with Crippen LogP contribution in [0.25, 0.3) is 11.3 Å². The molecule has 0 aliphatic rings. The van der Waals surface area contributed by atoms with Crippen LogP contribution in [0.3, 0.4) is 0 Å². The molecule has 0 saturated carbocycles. The van der Waals surface area contributed by atoms with Crippen LogP contribution < -0.4 is 0 Å². The molecule has 24 heavy (non-hydrogen) atoms. The van der Waals surface area contributed by atoms with Gasteiger partial charge >= 0.3 is 0 Å². The van der Waals surface area contributed by atoms with Gasteiger partial charge < -0.3 is 9.32 Å². The highest BCUT2D eigenvalue weighted by atomic mass is 35.5. The van der Waals surface area contributed by atoms with E-state index in [0.717, 1.165) is 5.56 Å². The fraction of sp³-hybridized carbons (Fsp3) is 0.389. The first-order valence-corrected chi connectivity index (χ1v) is 8.30. The minimum absolute atomic E-state index is 0.00269. The molecule has 2 rings (SSSR count). The van der Waals surface area contributed by atoms with Gasteiger partial charge in [-0.3, -0.25) is 4.79 Å². The number of aryl methyl sites for hydroxylation is 1. The Labute approximate surface area is 146 Å². The Kier molecular flexibility index (Phi) is 6.39. The summed E-state index contributed by atoms with van der Waals surface area (Å²) in [5.41, 5.74) is 0.780. The number of hydrogen-bond acceptors (Lipinski definition) is 4. The fourth-order valence-electron chi connectivity index (χ4n) is 2.36. The molecule has 0 N–H and O–H groups in total. The van der Waals surface area contributed by atoms with Crippen molar-refractivity contribution in [3.05, 3.63) is 41.4 Å². The normalized spacial score (nSPS) is 11.8. The number of benzene rings is 1. The van der Waals surface area contributed by atoms with Gasteiger partial charge in [0.25, 0.3) is 0 Å². The maximum absolute atomic E-state index is 12.3. The third-order valence-electron chi connectivity index (χ3n) is 3.69. The zero-order chi connectivity index (χ0) is 17.5.